The second-order valence-corrected chi connectivity index (χ2v) is 11.0. The van der Waals surface area contributed by atoms with Crippen LogP contribution in [0.25, 0.3) is 11.0 Å². The highest BCUT2D eigenvalue weighted by atomic mass is 16.4. The zero-order valence-corrected chi connectivity index (χ0v) is 23.9. The summed E-state index contributed by atoms with van der Waals surface area (Å²) >= 11 is 0. The van der Waals surface area contributed by atoms with Crippen molar-refractivity contribution >= 4 is 56.7 Å². The van der Waals surface area contributed by atoms with Gasteiger partial charge in [0.05, 0.1) is 17.1 Å². The average Bonchev–Trinajstić information content (AvgIpc) is 3.70. The summed E-state index contributed by atoms with van der Waals surface area (Å²) in [7, 11) is 0. The van der Waals surface area contributed by atoms with Crippen LogP contribution in [-0.2, 0) is 0 Å². The van der Waals surface area contributed by atoms with Crippen LogP contribution in [-0.4, -0.2) is 5.91 Å². The highest BCUT2D eigenvalue weighted by molar-refractivity contribution is 6.09. The molecule has 5 heteroatoms. The van der Waals surface area contributed by atoms with Gasteiger partial charge in [-0.25, -0.2) is 4.90 Å². The third kappa shape index (κ3) is 3.29. The molecule has 210 valence electrons. The second kappa shape index (κ2) is 9.54. The van der Waals surface area contributed by atoms with E-state index in [0.29, 0.717) is 0 Å². The minimum Gasteiger partial charge on any atom is -0.438 e. The Balaban J connectivity index is 1.49. The summed E-state index contributed by atoms with van der Waals surface area (Å²) in [6.07, 6.45) is 0. The van der Waals surface area contributed by atoms with E-state index < -0.39 is 5.91 Å². The summed E-state index contributed by atoms with van der Waals surface area (Å²) in [5, 5.41) is 1.06. The van der Waals surface area contributed by atoms with E-state index >= 15 is 0 Å². The molecule has 9 rings (SSSR count). The summed E-state index contributed by atoms with van der Waals surface area (Å²) in [6.45, 7) is 0. The summed E-state index contributed by atoms with van der Waals surface area (Å²) in [5.41, 5.74) is 8.25. The molecule has 44 heavy (non-hydrogen) atoms. The fourth-order valence-electron chi connectivity index (χ4n) is 6.96. The van der Waals surface area contributed by atoms with Crippen LogP contribution in [0.1, 0.15) is 0 Å². The number of fused-ring (bicyclic) bond motifs is 4. The highest BCUT2D eigenvalue weighted by Gasteiger charge is 2.66. The van der Waals surface area contributed by atoms with E-state index in [0.717, 1.165) is 56.7 Å². The Morgan fingerprint density at radius 1 is 0.364 bits per heavy atom. The Labute approximate surface area is 256 Å². The summed E-state index contributed by atoms with van der Waals surface area (Å²) < 4.78 is 6.91. The maximum Gasteiger partial charge on any atom is 0.298 e. The van der Waals surface area contributed by atoms with E-state index in [2.05, 4.69) is 183 Å². The Bertz CT molecular complexity index is 2030. The zero-order chi connectivity index (χ0) is 29.1. The van der Waals surface area contributed by atoms with Crippen LogP contribution in [0.3, 0.4) is 0 Å². The molecule has 0 fully saturated rings. The molecule has 1 aromatic heterocycles. The van der Waals surface area contributed by atoms with Crippen LogP contribution in [0.15, 0.2) is 174 Å². The molecule has 0 atom stereocenters. The molecule has 1 spiro atoms. The zero-order valence-electron chi connectivity index (χ0n) is 23.9. The van der Waals surface area contributed by atoms with E-state index in [1.807, 2.05) is 6.07 Å². The first-order chi connectivity index (χ1) is 21.9. The number of para-hydroxylation sites is 7. The monoisotopic (exact) mass is 568 g/mol. The van der Waals surface area contributed by atoms with Gasteiger partial charge in [-0.05, 0) is 72.8 Å². The summed E-state index contributed by atoms with van der Waals surface area (Å²) in [5.74, 6) is -0.205. The number of benzene rings is 6. The lowest BCUT2D eigenvalue weighted by molar-refractivity contribution is 0.460. The molecule has 0 amide bonds. The van der Waals surface area contributed by atoms with Gasteiger partial charge in [0, 0.05) is 22.4 Å². The van der Waals surface area contributed by atoms with Crippen molar-refractivity contribution in [1.82, 2.24) is 0 Å². The molecule has 0 saturated heterocycles. The maximum atomic E-state index is 6.91. The van der Waals surface area contributed by atoms with E-state index in [1.54, 1.807) is 0 Å². The van der Waals surface area contributed by atoms with Gasteiger partial charge in [0.25, 0.3) is 5.91 Å². The number of anilines is 8. The highest BCUT2D eigenvalue weighted by Crippen LogP contribution is 2.66. The van der Waals surface area contributed by atoms with E-state index in [-0.39, 0.29) is 0 Å². The number of hydrogen-bond donors (Lipinski definition) is 0. The molecule has 0 unspecified atom stereocenters. The Kier molecular flexibility index (Phi) is 5.34. The van der Waals surface area contributed by atoms with Gasteiger partial charge >= 0.3 is 0 Å². The van der Waals surface area contributed by atoms with Crippen molar-refractivity contribution in [3.8, 4) is 0 Å². The quantitative estimate of drug-likeness (QED) is 0.210. The van der Waals surface area contributed by atoms with E-state index in [4.69, 9.17) is 4.42 Å². The summed E-state index contributed by atoms with van der Waals surface area (Å²) in [6, 6.07) is 59.7. The van der Waals surface area contributed by atoms with Crippen molar-refractivity contribution in [3.05, 3.63) is 170 Å². The lowest BCUT2D eigenvalue weighted by atomic mass is 10.1. The number of rotatable bonds is 4. The molecule has 3 heterocycles. The average molecular weight is 569 g/mol. The standard InChI is InChI=1S/C39H28N4O/c1-5-17-29(18-6-1)40-34-26-14-15-27-35(34)41(30-19-7-2-8-20-30)39(40)42(31-21-9-3-10-22-31)37-33-25-13-16-28-36(33)44-38(37)43(39)32-23-11-4-12-24-32/h1-28H. The van der Waals surface area contributed by atoms with Crippen LogP contribution in [0.2, 0.25) is 0 Å². The Hall–Kier alpha value is -5.94. The molecule has 7 aromatic rings. The van der Waals surface area contributed by atoms with Gasteiger partial charge in [-0.2, -0.15) is 0 Å². The SMILES string of the molecule is c1ccc(N2c3ccccc3N(c3ccccc3)C23N(c2ccccc2)c2oc4ccccc4c2N3c2ccccc2)cc1. The van der Waals surface area contributed by atoms with Crippen LogP contribution in [0.4, 0.5) is 45.7 Å². The van der Waals surface area contributed by atoms with E-state index in [1.165, 1.54) is 0 Å². The van der Waals surface area contributed by atoms with Crippen LogP contribution in [0, 0.1) is 0 Å². The van der Waals surface area contributed by atoms with Crippen LogP contribution < -0.4 is 19.6 Å². The van der Waals surface area contributed by atoms with Gasteiger partial charge in [-0.15, -0.1) is 0 Å². The number of nitrogens with zero attached hydrogens (tertiary/aromatic N) is 4. The Morgan fingerprint density at radius 2 is 0.750 bits per heavy atom. The van der Waals surface area contributed by atoms with Crippen molar-refractivity contribution < 1.29 is 4.42 Å². The minimum absolute atomic E-state index is 0.788. The molecule has 5 nitrogen and oxygen atoms in total. The molecule has 6 aromatic carbocycles. The first-order valence-electron chi connectivity index (χ1n) is 14.9. The van der Waals surface area contributed by atoms with Crippen molar-refractivity contribution in [3.63, 3.8) is 0 Å². The summed E-state index contributed by atoms with van der Waals surface area (Å²) in [4.78, 5) is 9.75. The third-order valence-corrected chi connectivity index (χ3v) is 8.60. The van der Waals surface area contributed by atoms with Gasteiger partial charge in [-0.1, -0.05) is 97.1 Å². The molecule has 0 saturated carbocycles. The number of hydrogen-bond acceptors (Lipinski definition) is 5. The number of furan rings is 1. The van der Waals surface area contributed by atoms with Crippen molar-refractivity contribution in [2.75, 3.05) is 19.6 Å². The van der Waals surface area contributed by atoms with Gasteiger partial charge < -0.3 is 4.42 Å². The van der Waals surface area contributed by atoms with E-state index in [9.17, 15) is 0 Å². The first-order valence-corrected chi connectivity index (χ1v) is 14.9. The maximum absolute atomic E-state index is 6.91. The van der Waals surface area contributed by atoms with Crippen molar-refractivity contribution in [1.29, 1.82) is 0 Å². The normalized spacial score (nSPS) is 14.8. The van der Waals surface area contributed by atoms with Crippen LogP contribution in [0.5, 0.6) is 0 Å². The van der Waals surface area contributed by atoms with Gasteiger partial charge in [0.15, 0.2) is 0 Å². The van der Waals surface area contributed by atoms with Gasteiger partial charge in [0.1, 0.15) is 11.3 Å². The van der Waals surface area contributed by atoms with Gasteiger partial charge in [0.2, 0.25) is 5.88 Å². The minimum atomic E-state index is -0.993. The molecule has 0 bridgehead atoms. The fraction of sp³-hybridized carbons (Fsp3) is 0.0256. The smallest absolute Gasteiger partial charge is 0.298 e. The van der Waals surface area contributed by atoms with Crippen LogP contribution >= 0.6 is 0 Å². The molecule has 0 aliphatic carbocycles. The molecule has 0 radical (unpaired) electrons. The molecular weight excluding hydrogens is 540 g/mol. The molecule has 2 aliphatic rings. The molecule has 0 N–H and O–H groups in total. The predicted octanol–water partition coefficient (Wildman–Crippen LogP) is 10.3. The van der Waals surface area contributed by atoms with Gasteiger partial charge in [-0.3, -0.25) is 14.7 Å². The second-order valence-electron chi connectivity index (χ2n) is 11.0. The first kappa shape index (κ1) is 24.6. The topological polar surface area (TPSA) is 26.1 Å². The lowest BCUT2D eigenvalue weighted by Crippen LogP contribution is -2.70. The predicted molar refractivity (Wildman–Crippen MR) is 180 cm³/mol. The lowest BCUT2D eigenvalue weighted by Gasteiger charge is -2.52. The molecule has 2 aliphatic heterocycles. The fourth-order valence-corrected chi connectivity index (χ4v) is 6.96. The largest absolute Gasteiger partial charge is 0.438 e. The van der Waals surface area contributed by atoms with Crippen molar-refractivity contribution in [2.24, 2.45) is 0 Å². The molecular formula is C39H28N4O. The third-order valence-electron chi connectivity index (χ3n) is 8.60. The Morgan fingerprint density at radius 3 is 1.25 bits per heavy atom. The van der Waals surface area contributed by atoms with Crippen molar-refractivity contribution in [2.45, 2.75) is 5.91 Å².